The van der Waals surface area contributed by atoms with Crippen molar-refractivity contribution in [3.05, 3.63) is 52.2 Å². The van der Waals surface area contributed by atoms with Crippen molar-refractivity contribution in [3.8, 4) is 0 Å². The van der Waals surface area contributed by atoms with E-state index in [9.17, 15) is 5.11 Å². The van der Waals surface area contributed by atoms with Gasteiger partial charge >= 0.3 is 0 Å². The van der Waals surface area contributed by atoms with Gasteiger partial charge in [0.15, 0.2) is 0 Å². The summed E-state index contributed by atoms with van der Waals surface area (Å²) in [7, 11) is 0. The quantitative estimate of drug-likeness (QED) is 0.706. The standard InChI is InChI=1S/C19H21N3OS2/c20-18-17-13-8-4-5-9-15(13)25-19(17)22-16(21-18)11-24-10-14(23)12-6-2-1-3-7-12/h1-3,6-7,14,23H,4-5,8-11H2,(H2,20,21,22). The van der Waals surface area contributed by atoms with Gasteiger partial charge in [-0.3, -0.25) is 0 Å². The van der Waals surface area contributed by atoms with Crippen LogP contribution in [0.1, 0.15) is 40.8 Å². The Balaban J connectivity index is 1.47. The van der Waals surface area contributed by atoms with Crippen molar-refractivity contribution in [1.82, 2.24) is 9.97 Å². The Morgan fingerprint density at radius 1 is 1.16 bits per heavy atom. The Kier molecular flexibility index (Phi) is 4.92. The molecule has 0 radical (unpaired) electrons. The minimum absolute atomic E-state index is 0.471. The minimum atomic E-state index is -0.471. The molecule has 0 saturated carbocycles. The molecule has 1 aliphatic carbocycles. The molecule has 2 heterocycles. The molecule has 2 aromatic heterocycles. The summed E-state index contributed by atoms with van der Waals surface area (Å²) in [6, 6.07) is 9.73. The van der Waals surface area contributed by atoms with E-state index < -0.39 is 6.10 Å². The number of anilines is 1. The van der Waals surface area contributed by atoms with Gasteiger partial charge in [-0.25, -0.2) is 9.97 Å². The van der Waals surface area contributed by atoms with Crippen LogP contribution in [0.2, 0.25) is 0 Å². The van der Waals surface area contributed by atoms with E-state index in [4.69, 9.17) is 10.7 Å². The molecule has 1 aliphatic rings. The SMILES string of the molecule is Nc1nc(CSCC(O)c2ccccc2)nc2sc3c(c12)CCCC3. The fourth-order valence-electron chi connectivity index (χ4n) is 3.33. The molecule has 0 bridgehead atoms. The van der Waals surface area contributed by atoms with Crippen LogP contribution in [0.4, 0.5) is 5.82 Å². The number of nitrogens with two attached hydrogens (primary N) is 1. The first-order valence-electron chi connectivity index (χ1n) is 8.60. The number of nitrogens with zero attached hydrogens (tertiary/aromatic N) is 2. The molecule has 130 valence electrons. The Bertz CT molecular complexity index is 879. The van der Waals surface area contributed by atoms with Gasteiger partial charge in [-0.05, 0) is 36.8 Å². The molecule has 1 unspecified atom stereocenters. The lowest BCUT2D eigenvalue weighted by molar-refractivity contribution is 0.204. The molecule has 3 N–H and O–H groups in total. The molecule has 0 aliphatic heterocycles. The van der Waals surface area contributed by atoms with E-state index in [0.29, 0.717) is 17.3 Å². The number of rotatable bonds is 5. The maximum atomic E-state index is 10.3. The molecule has 4 nitrogen and oxygen atoms in total. The summed E-state index contributed by atoms with van der Waals surface area (Å²) >= 11 is 3.41. The fraction of sp³-hybridized carbons (Fsp3) is 0.368. The summed E-state index contributed by atoms with van der Waals surface area (Å²) < 4.78 is 0. The third kappa shape index (κ3) is 3.52. The van der Waals surface area contributed by atoms with Crippen molar-refractivity contribution in [2.45, 2.75) is 37.5 Å². The molecular formula is C19H21N3OS2. The number of benzene rings is 1. The molecular weight excluding hydrogens is 350 g/mol. The molecule has 1 aromatic carbocycles. The Morgan fingerprint density at radius 3 is 2.80 bits per heavy atom. The van der Waals surface area contributed by atoms with Crippen molar-refractivity contribution >= 4 is 39.1 Å². The first-order valence-corrected chi connectivity index (χ1v) is 10.6. The summed E-state index contributed by atoms with van der Waals surface area (Å²) in [4.78, 5) is 11.7. The maximum absolute atomic E-state index is 10.3. The average Bonchev–Trinajstić information content (AvgIpc) is 3.01. The predicted octanol–water partition coefficient (Wildman–Crippen LogP) is 4.12. The Labute approximate surface area is 155 Å². The number of thiophene rings is 1. The van der Waals surface area contributed by atoms with Gasteiger partial charge in [-0.1, -0.05) is 30.3 Å². The van der Waals surface area contributed by atoms with Crippen molar-refractivity contribution in [1.29, 1.82) is 0 Å². The summed E-state index contributed by atoms with van der Waals surface area (Å²) in [6.45, 7) is 0. The van der Waals surface area contributed by atoms with Gasteiger partial charge in [0.2, 0.25) is 0 Å². The van der Waals surface area contributed by atoms with Gasteiger partial charge in [0.05, 0.1) is 17.2 Å². The normalized spacial score (nSPS) is 15.2. The highest BCUT2D eigenvalue weighted by atomic mass is 32.2. The highest BCUT2D eigenvalue weighted by molar-refractivity contribution is 7.98. The summed E-state index contributed by atoms with van der Waals surface area (Å²) in [6.07, 6.45) is 4.26. The molecule has 6 heteroatoms. The third-order valence-corrected chi connectivity index (χ3v) is 6.78. The van der Waals surface area contributed by atoms with Crippen molar-refractivity contribution in [2.75, 3.05) is 11.5 Å². The molecule has 0 fully saturated rings. The topological polar surface area (TPSA) is 72.0 Å². The average molecular weight is 372 g/mol. The van der Waals surface area contributed by atoms with Crippen LogP contribution in [0.15, 0.2) is 30.3 Å². The molecule has 0 spiro atoms. The predicted molar refractivity (Wildman–Crippen MR) is 106 cm³/mol. The van der Waals surface area contributed by atoms with E-state index >= 15 is 0 Å². The maximum Gasteiger partial charge on any atom is 0.142 e. The van der Waals surface area contributed by atoms with Crippen LogP contribution < -0.4 is 5.73 Å². The smallest absolute Gasteiger partial charge is 0.142 e. The monoisotopic (exact) mass is 371 g/mol. The van der Waals surface area contributed by atoms with Crippen LogP contribution in [0.5, 0.6) is 0 Å². The zero-order valence-corrected chi connectivity index (χ0v) is 15.6. The van der Waals surface area contributed by atoms with E-state index in [1.54, 1.807) is 23.1 Å². The van der Waals surface area contributed by atoms with Crippen LogP contribution in [0.25, 0.3) is 10.2 Å². The van der Waals surface area contributed by atoms with Gasteiger partial charge in [0, 0.05) is 10.6 Å². The fourth-order valence-corrected chi connectivity index (χ4v) is 5.46. The molecule has 3 aromatic rings. The Morgan fingerprint density at radius 2 is 1.96 bits per heavy atom. The van der Waals surface area contributed by atoms with Gasteiger partial charge < -0.3 is 10.8 Å². The third-order valence-electron chi connectivity index (χ3n) is 4.58. The second-order valence-corrected chi connectivity index (χ2v) is 8.47. The lowest BCUT2D eigenvalue weighted by Gasteiger charge is -2.11. The van der Waals surface area contributed by atoms with Gasteiger partial charge in [-0.15, -0.1) is 11.3 Å². The van der Waals surface area contributed by atoms with E-state index in [2.05, 4.69) is 4.98 Å². The summed E-state index contributed by atoms with van der Waals surface area (Å²) in [5.41, 5.74) is 8.56. The van der Waals surface area contributed by atoms with Gasteiger partial charge in [0.25, 0.3) is 0 Å². The minimum Gasteiger partial charge on any atom is -0.388 e. The van der Waals surface area contributed by atoms with E-state index in [0.717, 1.165) is 34.4 Å². The second-order valence-electron chi connectivity index (χ2n) is 6.36. The Hall–Kier alpha value is -1.63. The highest BCUT2D eigenvalue weighted by Crippen LogP contribution is 2.38. The largest absolute Gasteiger partial charge is 0.388 e. The van der Waals surface area contributed by atoms with Crippen molar-refractivity contribution in [3.63, 3.8) is 0 Å². The number of nitrogen functional groups attached to an aromatic ring is 1. The van der Waals surface area contributed by atoms with Crippen molar-refractivity contribution < 1.29 is 5.11 Å². The molecule has 25 heavy (non-hydrogen) atoms. The second kappa shape index (κ2) is 7.32. The number of hydrogen-bond donors (Lipinski definition) is 2. The number of aromatic nitrogens is 2. The number of aliphatic hydroxyl groups is 1. The molecule has 4 rings (SSSR count). The highest BCUT2D eigenvalue weighted by Gasteiger charge is 2.20. The zero-order chi connectivity index (χ0) is 17.2. The summed E-state index contributed by atoms with van der Waals surface area (Å²) in [5, 5.41) is 11.3. The summed E-state index contributed by atoms with van der Waals surface area (Å²) in [5.74, 6) is 2.65. The number of aryl methyl sites for hydroxylation is 2. The van der Waals surface area contributed by atoms with Gasteiger partial charge in [-0.2, -0.15) is 11.8 Å². The van der Waals surface area contributed by atoms with Crippen LogP contribution in [0, 0.1) is 0 Å². The van der Waals surface area contributed by atoms with Crippen molar-refractivity contribution in [2.24, 2.45) is 0 Å². The molecule has 0 saturated heterocycles. The van der Waals surface area contributed by atoms with Crippen LogP contribution >= 0.6 is 23.1 Å². The molecule has 1 atom stereocenters. The number of fused-ring (bicyclic) bond motifs is 3. The number of hydrogen-bond acceptors (Lipinski definition) is 6. The van der Waals surface area contributed by atoms with Crippen LogP contribution in [0.3, 0.4) is 0 Å². The lowest BCUT2D eigenvalue weighted by Crippen LogP contribution is -2.04. The lowest BCUT2D eigenvalue weighted by atomic mass is 9.97. The number of thioether (sulfide) groups is 1. The van der Waals surface area contributed by atoms with E-state index in [1.165, 1.54) is 23.3 Å². The van der Waals surface area contributed by atoms with Crippen LogP contribution in [-0.2, 0) is 18.6 Å². The van der Waals surface area contributed by atoms with Gasteiger partial charge in [0.1, 0.15) is 16.5 Å². The zero-order valence-electron chi connectivity index (χ0n) is 13.9. The first-order chi connectivity index (χ1) is 12.2. The number of aliphatic hydroxyl groups excluding tert-OH is 1. The van der Waals surface area contributed by atoms with E-state index in [-0.39, 0.29) is 0 Å². The van der Waals surface area contributed by atoms with Crippen LogP contribution in [-0.4, -0.2) is 20.8 Å². The first kappa shape index (κ1) is 16.8. The van der Waals surface area contributed by atoms with E-state index in [1.807, 2.05) is 30.3 Å². The molecule has 0 amide bonds.